The smallest absolute Gasteiger partial charge is 0.200 e. The van der Waals surface area contributed by atoms with Crippen LogP contribution < -0.4 is 0 Å². The molecule has 1 aromatic carbocycles. The monoisotopic (exact) mass is 282 g/mol. The molecule has 2 rings (SSSR count). The summed E-state index contributed by atoms with van der Waals surface area (Å²) in [6, 6.07) is 6.51. The molecule has 0 bridgehead atoms. The molecule has 3 heteroatoms. The van der Waals surface area contributed by atoms with Crippen LogP contribution in [0.3, 0.4) is 0 Å². The molecule has 0 radical (unpaired) electrons. The fourth-order valence-electron chi connectivity index (χ4n) is 3.20. The van der Waals surface area contributed by atoms with Crippen molar-refractivity contribution in [1.29, 1.82) is 0 Å². The van der Waals surface area contributed by atoms with E-state index in [2.05, 4.69) is 6.92 Å². The second-order valence-electron chi connectivity index (χ2n) is 5.70. The first-order chi connectivity index (χ1) is 9.61. The van der Waals surface area contributed by atoms with Crippen molar-refractivity contribution >= 4 is 5.83 Å². The average molecular weight is 282 g/mol. The van der Waals surface area contributed by atoms with E-state index in [4.69, 9.17) is 0 Å². The van der Waals surface area contributed by atoms with Crippen LogP contribution in [0.1, 0.15) is 62.5 Å². The zero-order chi connectivity index (χ0) is 14.5. The highest BCUT2D eigenvalue weighted by atomic mass is 19.3. The summed E-state index contributed by atoms with van der Waals surface area (Å²) in [6.07, 6.45) is 5.08. The van der Waals surface area contributed by atoms with Gasteiger partial charge in [-0.3, -0.25) is 0 Å². The van der Waals surface area contributed by atoms with Crippen molar-refractivity contribution < 1.29 is 13.2 Å². The molecule has 0 aromatic heterocycles. The third-order valence-electron chi connectivity index (χ3n) is 4.35. The second kappa shape index (κ2) is 6.96. The molecular formula is C17H21F3. The number of halogens is 3. The maximum atomic E-state index is 13.1. The van der Waals surface area contributed by atoms with Crippen molar-refractivity contribution in [2.75, 3.05) is 0 Å². The minimum absolute atomic E-state index is 0.0339. The summed E-state index contributed by atoms with van der Waals surface area (Å²) in [6.45, 7) is 2.22. The van der Waals surface area contributed by atoms with E-state index in [1.165, 1.54) is 37.8 Å². The molecule has 0 heterocycles. The van der Waals surface area contributed by atoms with Gasteiger partial charge in [0.2, 0.25) is 0 Å². The minimum atomic E-state index is -2.25. The maximum absolute atomic E-state index is 13.1. The van der Waals surface area contributed by atoms with E-state index in [0.29, 0.717) is 5.92 Å². The quantitative estimate of drug-likeness (QED) is 0.608. The molecule has 1 saturated carbocycles. The SMILES string of the molecule is CCCC1CCC(c2ccc(C(F)=C(F)F)cc2)CC1. The Morgan fingerprint density at radius 1 is 1.00 bits per heavy atom. The highest BCUT2D eigenvalue weighted by Crippen LogP contribution is 2.37. The lowest BCUT2D eigenvalue weighted by atomic mass is 9.77. The van der Waals surface area contributed by atoms with Crippen LogP contribution in [-0.2, 0) is 0 Å². The number of rotatable bonds is 4. The molecule has 0 nitrogen and oxygen atoms in total. The normalized spacial score (nSPS) is 22.6. The Balaban J connectivity index is 2.00. The van der Waals surface area contributed by atoms with Gasteiger partial charge in [-0.25, -0.2) is 4.39 Å². The predicted molar refractivity (Wildman–Crippen MR) is 76.3 cm³/mol. The summed E-state index contributed by atoms with van der Waals surface area (Å²) in [5.41, 5.74) is 1.11. The van der Waals surface area contributed by atoms with Gasteiger partial charge in [-0.05, 0) is 43.1 Å². The van der Waals surface area contributed by atoms with Gasteiger partial charge in [0.05, 0.1) is 0 Å². The lowest BCUT2D eigenvalue weighted by molar-refractivity contribution is 0.308. The third kappa shape index (κ3) is 3.65. The molecule has 1 fully saturated rings. The fraction of sp³-hybridized carbons (Fsp3) is 0.529. The van der Waals surface area contributed by atoms with Gasteiger partial charge in [-0.15, -0.1) is 0 Å². The first-order valence-corrected chi connectivity index (χ1v) is 7.43. The van der Waals surface area contributed by atoms with E-state index in [1.54, 1.807) is 12.1 Å². The van der Waals surface area contributed by atoms with E-state index in [1.807, 2.05) is 0 Å². The molecule has 0 unspecified atom stereocenters. The Kier molecular flexibility index (Phi) is 5.27. The van der Waals surface area contributed by atoms with Crippen LogP contribution in [0.5, 0.6) is 0 Å². The van der Waals surface area contributed by atoms with Gasteiger partial charge in [-0.1, -0.05) is 44.0 Å². The van der Waals surface area contributed by atoms with Gasteiger partial charge >= 0.3 is 6.08 Å². The van der Waals surface area contributed by atoms with Crippen LogP contribution in [-0.4, -0.2) is 0 Å². The Morgan fingerprint density at radius 2 is 1.60 bits per heavy atom. The lowest BCUT2D eigenvalue weighted by Gasteiger charge is -2.28. The van der Waals surface area contributed by atoms with Crippen molar-refractivity contribution in [3.8, 4) is 0 Å². The summed E-state index contributed by atoms with van der Waals surface area (Å²) >= 11 is 0. The van der Waals surface area contributed by atoms with E-state index >= 15 is 0 Å². The Morgan fingerprint density at radius 3 is 2.10 bits per heavy atom. The zero-order valence-corrected chi connectivity index (χ0v) is 11.8. The van der Waals surface area contributed by atoms with E-state index in [-0.39, 0.29) is 5.56 Å². The fourth-order valence-corrected chi connectivity index (χ4v) is 3.20. The van der Waals surface area contributed by atoms with Gasteiger partial charge in [0, 0.05) is 5.56 Å². The van der Waals surface area contributed by atoms with Crippen LogP contribution in [0.2, 0.25) is 0 Å². The van der Waals surface area contributed by atoms with Crippen molar-refractivity contribution in [1.82, 2.24) is 0 Å². The van der Waals surface area contributed by atoms with Crippen LogP contribution in [0.25, 0.3) is 5.83 Å². The third-order valence-corrected chi connectivity index (χ3v) is 4.35. The lowest BCUT2D eigenvalue weighted by Crippen LogP contribution is -2.13. The standard InChI is InChI=1S/C17H21F3/c1-2-3-12-4-6-13(7-5-12)14-8-10-15(11-9-14)16(18)17(19)20/h8-13H,2-7H2,1H3. The van der Waals surface area contributed by atoms with E-state index in [9.17, 15) is 13.2 Å². The molecule has 0 N–H and O–H groups in total. The molecule has 0 spiro atoms. The molecule has 1 aromatic rings. The number of hydrogen-bond donors (Lipinski definition) is 0. The molecule has 1 aliphatic rings. The summed E-state index contributed by atoms with van der Waals surface area (Å²) in [4.78, 5) is 0. The summed E-state index contributed by atoms with van der Waals surface area (Å²) in [7, 11) is 0. The predicted octanol–water partition coefficient (Wildman–Crippen LogP) is 6.30. The van der Waals surface area contributed by atoms with Gasteiger partial charge < -0.3 is 0 Å². The van der Waals surface area contributed by atoms with Crippen molar-refractivity contribution in [3.63, 3.8) is 0 Å². The number of benzene rings is 1. The summed E-state index contributed by atoms with van der Waals surface area (Å²) in [5.74, 6) is -0.0702. The molecule has 0 aliphatic heterocycles. The Labute approximate surface area is 118 Å². The van der Waals surface area contributed by atoms with Crippen LogP contribution >= 0.6 is 0 Å². The summed E-state index contributed by atoms with van der Waals surface area (Å²) < 4.78 is 37.5. The molecule has 0 amide bonds. The van der Waals surface area contributed by atoms with Gasteiger partial charge in [0.15, 0.2) is 5.83 Å². The van der Waals surface area contributed by atoms with Crippen LogP contribution in [0.4, 0.5) is 13.2 Å². The van der Waals surface area contributed by atoms with Crippen LogP contribution in [0, 0.1) is 5.92 Å². The second-order valence-corrected chi connectivity index (χ2v) is 5.70. The first-order valence-electron chi connectivity index (χ1n) is 7.43. The highest BCUT2D eigenvalue weighted by Gasteiger charge is 2.21. The minimum Gasteiger partial charge on any atom is -0.200 e. The largest absolute Gasteiger partial charge is 0.306 e. The summed E-state index contributed by atoms with van der Waals surface area (Å²) in [5, 5.41) is 0. The van der Waals surface area contributed by atoms with Crippen LogP contribution in [0.15, 0.2) is 30.3 Å². The van der Waals surface area contributed by atoms with Gasteiger partial charge in [0.1, 0.15) is 0 Å². The van der Waals surface area contributed by atoms with Crippen molar-refractivity contribution in [2.45, 2.75) is 51.4 Å². The van der Waals surface area contributed by atoms with E-state index < -0.39 is 11.9 Å². The van der Waals surface area contributed by atoms with Gasteiger partial charge in [-0.2, -0.15) is 8.78 Å². The molecular weight excluding hydrogens is 261 g/mol. The number of hydrogen-bond acceptors (Lipinski definition) is 0. The van der Waals surface area contributed by atoms with Crippen molar-refractivity contribution in [3.05, 3.63) is 41.5 Å². The molecule has 0 atom stereocenters. The van der Waals surface area contributed by atoms with Crippen molar-refractivity contribution in [2.24, 2.45) is 5.92 Å². The molecule has 20 heavy (non-hydrogen) atoms. The van der Waals surface area contributed by atoms with Gasteiger partial charge in [0.25, 0.3) is 0 Å². The zero-order valence-electron chi connectivity index (χ0n) is 11.8. The average Bonchev–Trinajstić information content (AvgIpc) is 2.48. The molecule has 0 saturated heterocycles. The maximum Gasteiger partial charge on any atom is 0.306 e. The molecule has 110 valence electrons. The Hall–Kier alpha value is -1.25. The highest BCUT2D eigenvalue weighted by molar-refractivity contribution is 5.59. The Bertz CT molecular complexity index is 450. The molecule has 1 aliphatic carbocycles. The van der Waals surface area contributed by atoms with E-state index in [0.717, 1.165) is 24.3 Å². The topological polar surface area (TPSA) is 0 Å². The first kappa shape index (κ1) is 15.1.